The molecule has 0 saturated carbocycles. The normalized spacial score (nSPS) is 16.3. The van der Waals surface area contributed by atoms with Gasteiger partial charge in [-0.2, -0.15) is 9.97 Å². The molecule has 0 aliphatic carbocycles. The predicted octanol–water partition coefficient (Wildman–Crippen LogP) is 3.84. The van der Waals surface area contributed by atoms with Crippen LogP contribution in [0.3, 0.4) is 0 Å². The summed E-state index contributed by atoms with van der Waals surface area (Å²) in [7, 11) is 0. The minimum atomic E-state index is 0.0257. The first-order valence-electron chi connectivity index (χ1n) is 11.6. The lowest BCUT2D eigenvalue weighted by molar-refractivity contribution is -0.132. The maximum absolute atomic E-state index is 13.3. The Balaban J connectivity index is 1.35. The molecule has 4 heterocycles. The average molecular weight is 498 g/mol. The molecular weight excluding hydrogens is 470 g/mol. The Kier molecular flexibility index (Phi) is 6.77. The number of thiazole rings is 1. The van der Waals surface area contributed by atoms with Crippen molar-refractivity contribution in [2.45, 2.75) is 44.3 Å². The number of hydrogen-bond donors (Lipinski definition) is 2. The molecule has 10 nitrogen and oxygen atoms in total. The van der Waals surface area contributed by atoms with E-state index in [0.29, 0.717) is 35.9 Å². The minimum absolute atomic E-state index is 0.0257. The highest BCUT2D eigenvalue weighted by Gasteiger charge is 2.30. The van der Waals surface area contributed by atoms with Crippen molar-refractivity contribution in [1.29, 1.82) is 0 Å². The molecule has 1 aliphatic rings. The Morgan fingerprint density at radius 2 is 1.97 bits per heavy atom. The number of rotatable bonds is 8. The number of para-hydroxylation sites is 1. The highest BCUT2D eigenvalue weighted by Crippen LogP contribution is 2.36. The number of nitrogens with one attached hydrogen (secondary N) is 2. The molecule has 1 unspecified atom stereocenters. The van der Waals surface area contributed by atoms with Gasteiger partial charge < -0.3 is 15.5 Å². The lowest BCUT2D eigenvalue weighted by Crippen LogP contribution is -2.39. The van der Waals surface area contributed by atoms with Crippen LogP contribution in [0.5, 0.6) is 0 Å². The SMILES string of the molecule is CCNc1nc(NCC)n2c(SCC(=O)N3CCCCC3c3nc4ccccc4s3)nnc2n1. The van der Waals surface area contributed by atoms with Crippen LogP contribution in [0.25, 0.3) is 16.0 Å². The van der Waals surface area contributed by atoms with Crippen molar-refractivity contribution in [2.75, 3.05) is 36.0 Å². The fourth-order valence-corrected chi connectivity index (χ4v) is 6.06. The van der Waals surface area contributed by atoms with Gasteiger partial charge >= 0.3 is 0 Å². The summed E-state index contributed by atoms with van der Waals surface area (Å²) >= 11 is 3.05. The number of amides is 1. The quantitative estimate of drug-likeness (QED) is 0.351. The highest BCUT2D eigenvalue weighted by atomic mass is 32.2. The molecule has 0 bridgehead atoms. The molecule has 34 heavy (non-hydrogen) atoms. The Hall–Kier alpha value is -2.99. The zero-order chi connectivity index (χ0) is 23.5. The first kappa shape index (κ1) is 22.8. The maximum atomic E-state index is 13.3. The van der Waals surface area contributed by atoms with Crippen LogP contribution in [-0.4, -0.2) is 65.7 Å². The number of piperidine rings is 1. The number of benzene rings is 1. The Morgan fingerprint density at radius 3 is 2.79 bits per heavy atom. The van der Waals surface area contributed by atoms with Crippen LogP contribution >= 0.6 is 23.1 Å². The summed E-state index contributed by atoms with van der Waals surface area (Å²) in [6.07, 6.45) is 3.05. The van der Waals surface area contributed by atoms with Gasteiger partial charge in [0.05, 0.1) is 22.0 Å². The molecule has 5 rings (SSSR count). The number of carbonyl (C=O) groups excluding carboxylic acids is 1. The van der Waals surface area contributed by atoms with E-state index in [4.69, 9.17) is 4.98 Å². The first-order valence-corrected chi connectivity index (χ1v) is 13.4. The van der Waals surface area contributed by atoms with E-state index in [9.17, 15) is 4.79 Å². The number of fused-ring (bicyclic) bond motifs is 2. The van der Waals surface area contributed by atoms with Gasteiger partial charge in [0, 0.05) is 19.6 Å². The van der Waals surface area contributed by atoms with Crippen LogP contribution in [-0.2, 0) is 4.79 Å². The standard InChI is InChI=1S/C22H27N9OS2/c1-3-23-19-26-20(24-4-2)31-21(27-19)28-29-22(31)33-13-17(32)30-12-8-7-10-15(30)18-25-14-9-5-6-11-16(14)34-18/h5-6,9,11,15H,3-4,7-8,10,12-13H2,1-2H3,(H2,23,24,26,27,28). The zero-order valence-electron chi connectivity index (χ0n) is 19.2. The van der Waals surface area contributed by atoms with Crippen LogP contribution in [0.2, 0.25) is 0 Å². The molecule has 2 N–H and O–H groups in total. The number of hydrogen-bond acceptors (Lipinski definition) is 10. The topological polar surface area (TPSA) is 113 Å². The van der Waals surface area contributed by atoms with Crippen molar-refractivity contribution in [3.8, 4) is 0 Å². The van der Waals surface area contributed by atoms with Gasteiger partial charge in [0.1, 0.15) is 5.01 Å². The van der Waals surface area contributed by atoms with Crippen LogP contribution < -0.4 is 10.6 Å². The summed E-state index contributed by atoms with van der Waals surface area (Å²) in [5.74, 6) is 1.90. The lowest BCUT2D eigenvalue weighted by Gasteiger charge is -2.34. The molecule has 1 aliphatic heterocycles. The van der Waals surface area contributed by atoms with E-state index in [0.717, 1.165) is 41.0 Å². The maximum Gasteiger partial charge on any atom is 0.261 e. The fraction of sp³-hybridized carbons (Fsp3) is 0.455. The number of aromatic nitrogens is 6. The van der Waals surface area contributed by atoms with Crippen LogP contribution in [0.1, 0.15) is 44.2 Å². The molecule has 12 heteroatoms. The molecular formula is C22H27N9OS2. The second kappa shape index (κ2) is 10.1. The number of nitrogens with zero attached hydrogens (tertiary/aromatic N) is 7. The summed E-state index contributed by atoms with van der Waals surface area (Å²) in [5.41, 5.74) is 0.998. The van der Waals surface area contributed by atoms with Crippen molar-refractivity contribution in [3.05, 3.63) is 29.3 Å². The summed E-state index contributed by atoms with van der Waals surface area (Å²) in [5, 5.41) is 16.5. The fourth-order valence-electron chi connectivity index (χ4n) is 4.13. The summed E-state index contributed by atoms with van der Waals surface area (Å²) in [6.45, 7) is 6.13. The molecule has 1 aromatic carbocycles. The average Bonchev–Trinajstić information content (AvgIpc) is 3.47. The van der Waals surface area contributed by atoms with Gasteiger partial charge in [-0.25, -0.2) is 9.38 Å². The lowest BCUT2D eigenvalue weighted by atomic mass is 10.0. The van der Waals surface area contributed by atoms with Gasteiger partial charge in [0.2, 0.25) is 17.8 Å². The molecule has 1 saturated heterocycles. The van der Waals surface area contributed by atoms with Crippen molar-refractivity contribution in [1.82, 2.24) is 34.4 Å². The monoisotopic (exact) mass is 497 g/mol. The molecule has 1 fully saturated rings. The summed E-state index contributed by atoms with van der Waals surface area (Å²) < 4.78 is 2.93. The Bertz CT molecular complexity index is 1270. The van der Waals surface area contributed by atoms with Crippen molar-refractivity contribution < 1.29 is 4.79 Å². The largest absolute Gasteiger partial charge is 0.355 e. The Labute approximate surface area is 205 Å². The molecule has 3 aromatic heterocycles. The number of anilines is 2. The van der Waals surface area contributed by atoms with Crippen molar-refractivity contribution in [3.63, 3.8) is 0 Å². The van der Waals surface area contributed by atoms with Crippen molar-refractivity contribution in [2.24, 2.45) is 0 Å². The van der Waals surface area contributed by atoms with Crippen LogP contribution in [0.4, 0.5) is 11.9 Å². The number of thioether (sulfide) groups is 1. The first-order chi connectivity index (χ1) is 16.7. The van der Waals surface area contributed by atoms with E-state index >= 15 is 0 Å². The van der Waals surface area contributed by atoms with E-state index in [1.807, 2.05) is 36.9 Å². The predicted molar refractivity (Wildman–Crippen MR) is 136 cm³/mol. The smallest absolute Gasteiger partial charge is 0.261 e. The van der Waals surface area contributed by atoms with Gasteiger partial charge in [0.15, 0.2) is 5.16 Å². The second-order valence-electron chi connectivity index (χ2n) is 7.96. The minimum Gasteiger partial charge on any atom is -0.355 e. The second-order valence-corrected chi connectivity index (χ2v) is 9.96. The molecule has 1 atom stereocenters. The molecule has 4 aromatic rings. The van der Waals surface area contributed by atoms with Gasteiger partial charge in [0.25, 0.3) is 5.78 Å². The zero-order valence-corrected chi connectivity index (χ0v) is 20.8. The third-order valence-corrected chi connectivity index (χ3v) is 7.71. The van der Waals surface area contributed by atoms with Gasteiger partial charge in [-0.05, 0) is 45.2 Å². The number of carbonyl (C=O) groups is 1. The van der Waals surface area contributed by atoms with E-state index in [-0.39, 0.29) is 17.7 Å². The number of likely N-dealkylation sites (tertiary alicyclic amines) is 1. The van der Waals surface area contributed by atoms with E-state index in [1.165, 1.54) is 11.8 Å². The molecule has 0 spiro atoms. The van der Waals surface area contributed by atoms with Gasteiger partial charge in [-0.3, -0.25) is 4.79 Å². The van der Waals surface area contributed by atoms with Crippen molar-refractivity contribution >= 4 is 56.9 Å². The van der Waals surface area contributed by atoms with Gasteiger partial charge in [-0.15, -0.1) is 21.5 Å². The van der Waals surface area contributed by atoms with Crippen LogP contribution in [0.15, 0.2) is 29.4 Å². The van der Waals surface area contributed by atoms with Crippen LogP contribution in [0, 0.1) is 0 Å². The third-order valence-electron chi connectivity index (χ3n) is 5.66. The molecule has 178 valence electrons. The molecule has 1 amide bonds. The Morgan fingerprint density at radius 1 is 1.12 bits per heavy atom. The third kappa shape index (κ3) is 4.51. The highest BCUT2D eigenvalue weighted by molar-refractivity contribution is 7.99. The van der Waals surface area contributed by atoms with E-state index < -0.39 is 0 Å². The van der Waals surface area contributed by atoms with E-state index in [2.05, 4.69) is 36.9 Å². The van der Waals surface area contributed by atoms with E-state index in [1.54, 1.807) is 15.7 Å². The summed E-state index contributed by atoms with van der Waals surface area (Å²) in [6, 6.07) is 8.17. The van der Waals surface area contributed by atoms with Gasteiger partial charge in [-0.1, -0.05) is 23.9 Å². The summed E-state index contributed by atoms with van der Waals surface area (Å²) in [4.78, 5) is 29.1. The molecule has 0 radical (unpaired) electrons.